The normalized spacial score (nSPS) is 12.2. The quantitative estimate of drug-likeness (QED) is 0.120. The molecule has 170 valence electrons. The predicted molar refractivity (Wildman–Crippen MR) is 121 cm³/mol. The molecule has 0 aromatic heterocycles. The molecule has 0 saturated carbocycles. The molecule has 4 heteroatoms. The SMILES string of the molecule is CCCCCCCC/C=C\CCCCCCC(OC(=O)CCCCC)C(=O)OC. The molecule has 0 fully saturated rings. The fourth-order valence-electron chi connectivity index (χ4n) is 3.32. The van der Waals surface area contributed by atoms with Crippen molar-refractivity contribution in [1.29, 1.82) is 0 Å². The summed E-state index contributed by atoms with van der Waals surface area (Å²) in [6, 6.07) is 0. The first-order valence-electron chi connectivity index (χ1n) is 12.1. The fourth-order valence-corrected chi connectivity index (χ4v) is 3.32. The van der Waals surface area contributed by atoms with E-state index in [1.54, 1.807) is 0 Å². The lowest BCUT2D eigenvalue weighted by Crippen LogP contribution is -2.28. The van der Waals surface area contributed by atoms with Crippen molar-refractivity contribution in [2.24, 2.45) is 0 Å². The second-order valence-corrected chi connectivity index (χ2v) is 7.98. The average Bonchev–Trinajstić information content (AvgIpc) is 2.72. The first kappa shape index (κ1) is 27.7. The summed E-state index contributed by atoms with van der Waals surface area (Å²) in [6.07, 6.45) is 22.4. The van der Waals surface area contributed by atoms with Crippen LogP contribution in [-0.4, -0.2) is 25.2 Å². The van der Waals surface area contributed by atoms with Gasteiger partial charge in [0, 0.05) is 6.42 Å². The van der Waals surface area contributed by atoms with Crippen molar-refractivity contribution >= 4 is 11.9 Å². The van der Waals surface area contributed by atoms with Crippen LogP contribution < -0.4 is 0 Å². The number of carbonyl (C=O) groups excluding carboxylic acids is 2. The summed E-state index contributed by atoms with van der Waals surface area (Å²) >= 11 is 0. The Hall–Kier alpha value is -1.32. The van der Waals surface area contributed by atoms with Gasteiger partial charge in [-0.15, -0.1) is 0 Å². The summed E-state index contributed by atoms with van der Waals surface area (Å²) in [5.41, 5.74) is 0. The lowest BCUT2D eigenvalue weighted by Gasteiger charge is -2.15. The number of hydrogen-bond donors (Lipinski definition) is 0. The molecule has 1 unspecified atom stereocenters. The molecule has 29 heavy (non-hydrogen) atoms. The Bertz CT molecular complexity index is 417. The van der Waals surface area contributed by atoms with Crippen LogP contribution >= 0.6 is 0 Å². The Morgan fingerprint density at radius 2 is 1.24 bits per heavy atom. The number of esters is 2. The van der Waals surface area contributed by atoms with E-state index in [-0.39, 0.29) is 5.97 Å². The zero-order valence-corrected chi connectivity index (χ0v) is 19.4. The monoisotopic (exact) mass is 410 g/mol. The van der Waals surface area contributed by atoms with Gasteiger partial charge in [0.05, 0.1) is 7.11 Å². The zero-order valence-electron chi connectivity index (χ0n) is 19.4. The van der Waals surface area contributed by atoms with Crippen LogP contribution in [0, 0.1) is 0 Å². The maximum absolute atomic E-state index is 11.9. The van der Waals surface area contributed by atoms with Gasteiger partial charge >= 0.3 is 11.9 Å². The lowest BCUT2D eigenvalue weighted by atomic mass is 10.1. The maximum atomic E-state index is 11.9. The van der Waals surface area contributed by atoms with E-state index in [0.29, 0.717) is 12.8 Å². The second kappa shape index (κ2) is 21.4. The number of hydrogen-bond acceptors (Lipinski definition) is 4. The van der Waals surface area contributed by atoms with Crippen LogP contribution in [0.2, 0.25) is 0 Å². The molecule has 0 amide bonds. The fraction of sp³-hybridized carbons (Fsp3) is 0.840. The van der Waals surface area contributed by atoms with Gasteiger partial charge < -0.3 is 9.47 Å². The predicted octanol–water partition coefficient (Wildman–Crippen LogP) is 7.30. The van der Waals surface area contributed by atoms with Crippen LogP contribution in [-0.2, 0) is 19.1 Å². The number of allylic oxidation sites excluding steroid dienone is 2. The number of unbranched alkanes of at least 4 members (excludes halogenated alkanes) is 12. The number of carbonyl (C=O) groups is 2. The molecule has 0 rings (SSSR count). The average molecular weight is 411 g/mol. The van der Waals surface area contributed by atoms with Gasteiger partial charge in [0.25, 0.3) is 0 Å². The third kappa shape index (κ3) is 18.4. The van der Waals surface area contributed by atoms with Crippen molar-refractivity contribution in [3.05, 3.63) is 12.2 Å². The summed E-state index contributed by atoms with van der Waals surface area (Å²) in [5, 5.41) is 0. The molecule has 4 nitrogen and oxygen atoms in total. The highest BCUT2D eigenvalue weighted by Gasteiger charge is 2.22. The zero-order chi connectivity index (χ0) is 21.6. The molecule has 0 spiro atoms. The van der Waals surface area contributed by atoms with Crippen molar-refractivity contribution in [2.45, 2.75) is 129 Å². The highest BCUT2D eigenvalue weighted by Crippen LogP contribution is 2.13. The Morgan fingerprint density at radius 3 is 1.83 bits per heavy atom. The van der Waals surface area contributed by atoms with Crippen LogP contribution in [0.15, 0.2) is 12.2 Å². The van der Waals surface area contributed by atoms with Crippen LogP contribution in [0.3, 0.4) is 0 Å². The molecule has 0 saturated heterocycles. The number of methoxy groups -OCH3 is 1. The molecule has 0 aromatic carbocycles. The van der Waals surface area contributed by atoms with Crippen molar-refractivity contribution in [3.63, 3.8) is 0 Å². The van der Waals surface area contributed by atoms with Gasteiger partial charge in [0.1, 0.15) is 0 Å². The van der Waals surface area contributed by atoms with E-state index < -0.39 is 12.1 Å². The van der Waals surface area contributed by atoms with Crippen LogP contribution in [0.25, 0.3) is 0 Å². The van der Waals surface area contributed by atoms with Crippen LogP contribution in [0.1, 0.15) is 123 Å². The summed E-state index contributed by atoms with van der Waals surface area (Å²) < 4.78 is 10.1. The minimum Gasteiger partial charge on any atom is -0.466 e. The Labute approximate surface area is 179 Å². The third-order valence-electron chi connectivity index (χ3n) is 5.20. The Morgan fingerprint density at radius 1 is 0.724 bits per heavy atom. The van der Waals surface area contributed by atoms with Crippen LogP contribution in [0.4, 0.5) is 0 Å². The maximum Gasteiger partial charge on any atom is 0.347 e. The van der Waals surface area contributed by atoms with Crippen molar-refractivity contribution in [1.82, 2.24) is 0 Å². The molecule has 0 aliphatic rings. The number of rotatable bonds is 20. The lowest BCUT2D eigenvalue weighted by molar-refractivity contribution is -0.166. The van der Waals surface area contributed by atoms with E-state index in [9.17, 15) is 9.59 Å². The molecular formula is C25H46O4. The number of ether oxygens (including phenoxy) is 2. The summed E-state index contributed by atoms with van der Waals surface area (Å²) in [7, 11) is 1.35. The highest BCUT2D eigenvalue weighted by atomic mass is 16.6. The smallest absolute Gasteiger partial charge is 0.347 e. The first-order chi connectivity index (χ1) is 14.2. The summed E-state index contributed by atoms with van der Waals surface area (Å²) in [5.74, 6) is -0.726. The Kier molecular flexibility index (Phi) is 20.4. The molecule has 1 atom stereocenters. The van der Waals surface area contributed by atoms with E-state index in [1.165, 1.54) is 58.5 Å². The van der Waals surface area contributed by atoms with E-state index in [2.05, 4.69) is 26.0 Å². The van der Waals surface area contributed by atoms with Gasteiger partial charge in [-0.25, -0.2) is 4.79 Å². The largest absolute Gasteiger partial charge is 0.466 e. The molecule has 0 aromatic rings. The molecule has 0 aliphatic heterocycles. The molecule has 0 radical (unpaired) electrons. The van der Waals surface area contributed by atoms with Crippen molar-refractivity contribution in [2.75, 3.05) is 7.11 Å². The molecular weight excluding hydrogens is 364 g/mol. The summed E-state index contributed by atoms with van der Waals surface area (Å²) in [6.45, 7) is 4.35. The summed E-state index contributed by atoms with van der Waals surface area (Å²) in [4.78, 5) is 23.7. The van der Waals surface area contributed by atoms with E-state index >= 15 is 0 Å². The Balaban J connectivity index is 3.73. The van der Waals surface area contributed by atoms with Gasteiger partial charge in [-0.3, -0.25) is 4.79 Å². The van der Waals surface area contributed by atoms with Gasteiger partial charge in [0.15, 0.2) is 6.10 Å². The minimum atomic E-state index is -0.744. The van der Waals surface area contributed by atoms with E-state index in [4.69, 9.17) is 9.47 Å². The third-order valence-corrected chi connectivity index (χ3v) is 5.20. The molecule has 0 aliphatic carbocycles. The standard InChI is InChI=1S/C25H46O4/c1-4-6-8-9-10-11-12-13-14-15-16-17-18-20-21-23(25(27)28-3)29-24(26)22-19-7-5-2/h13-14,23H,4-12,15-22H2,1-3H3/b14-13-. The minimum absolute atomic E-state index is 0.288. The molecule has 0 N–H and O–H groups in total. The van der Waals surface area contributed by atoms with E-state index in [1.807, 2.05) is 0 Å². The van der Waals surface area contributed by atoms with Gasteiger partial charge in [-0.05, 0) is 44.9 Å². The van der Waals surface area contributed by atoms with Crippen molar-refractivity contribution < 1.29 is 19.1 Å². The topological polar surface area (TPSA) is 52.6 Å². The van der Waals surface area contributed by atoms with Crippen LogP contribution in [0.5, 0.6) is 0 Å². The van der Waals surface area contributed by atoms with Gasteiger partial charge in [-0.1, -0.05) is 83.8 Å². The van der Waals surface area contributed by atoms with Gasteiger partial charge in [0.2, 0.25) is 0 Å². The second-order valence-electron chi connectivity index (χ2n) is 7.98. The van der Waals surface area contributed by atoms with Gasteiger partial charge in [-0.2, -0.15) is 0 Å². The molecule has 0 bridgehead atoms. The highest BCUT2D eigenvalue weighted by molar-refractivity contribution is 5.79. The van der Waals surface area contributed by atoms with Crippen molar-refractivity contribution in [3.8, 4) is 0 Å². The molecule has 0 heterocycles. The van der Waals surface area contributed by atoms with E-state index in [0.717, 1.165) is 44.9 Å². The first-order valence-corrected chi connectivity index (χ1v) is 12.1.